The number of hydrogen-bond acceptors (Lipinski definition) is 5. The maximum atomic E-state index is 6.67. The van der Waals surface area contributed by atoms with Crippen LogP contribution in [0.1, 0.15) is 25.3 Å². The van der Waals surface area contributed by atoms with Gasteiger partial charge in [0.2, 0.25) is 0 Å². The van der Waals surface area contributed by atoms with Crippen LogP contribution in [0, 0.1) is 0 Å². The van der Waals surface area contributed by atoms with Crippen LogP contribution in [-0.2, 0) is 0 Å². The van der Waals surface area contributed by atoms with E-state index < -0.39 is 0 Å². The van der Waals surface area contributed by atoms with Crippen LogP contribution in [0.5, 0.6) is 11.8 Å². The summed E-state index contributed by atoms with van der Waals surface area (Å²) in [6.07, 6.45) is 6.79. The summed E-state index contributed by atoms with van der Waals surface area (Å²) in [4.78, 5) is 8.30. The second kappa shape index (κ2) is 7.88. The van der Waals surface area contributed by atoms with E-state index in [1.165, 1.54) is 6.42 Å². The molecule has 2 heterocycles. The molecule has 0 spiro atoms. The van der Waals surface area contributed by atoms with Crippen LogP contribution in [0.4, 0.5) is 11.4 Å². The highest BCUT2D eigenvalue weighted by Gasteiger charge is 2.27. The van der Waals surface area contributed by atoms with E-state index in [-0.39, 0.29) is 5.11 Å². The van der Waals surface area contributed by atoms with Gasteiger partial charge >= 0.3 is 6.01 Å². The normalized spacial score (nSPS) is 13.7. The zero-order chi connectivity index (χ0) is 21.4. The summed E-state index contributed by atoms with van der Waals surface area (Å²) >= 11 is 4.93. The number of nitrogens with zero attached hydrogens (tertiary/aromatic N) is 3. The van der Waals surface area contributed by atoms with Crippen molar-refractivity contribution in [3.05, 3.63) is 60.9 Å². The number of benzene rings is 2. The van der Waals surface area contributed by atoms with Gasteiger partial charge in [0.1, 0.15) is 5.75 Å². The SMILES string of the molecule is NC(=S)Nc1ccc(-c2c(N)c3ccc(Oc4ncccn4)cc3n2C2CCC2)cc1. The Morgan fingerprint density at radius 2 is 1.84 bits per heavy atom. The van der Waals surface area contributed by atoms with Crippen LogP contribution in [0.2, 0.25) is 0 Å². The minimum atomic E-state index is 0.241. The maximum absolute atomic E-state index is 6.67. The lowest BCUT2D eigenvalue weighted by molar-refractivity contribution is 0.324. The van der Waals surface area contributed by atoms with Crippen molar-refractivity contribution in [2.45, 2.75) is 25.3 Å². The number of nitrogens with one attached hydrogen (secondary N) is 1. The fourth-order valence-electron chi connectivity index (χ4n) is 4.00. The molecule has 2 aromatic carbocycles. The first-order valence-electron chi connectivity index (χ1n) is 10.2. The molecule has 5 rings (SSSR count). The first kappa shape index (κ1) is 19.3. The molecular weight excluding hydrogens is 408 g/mol. The Labute approximate surface area is 185 Å². The zero-order valence-corrected chi connectivity index (χ0v) is 17.6. The average Bonchev–Trinajstić information content (AvgIpc) is 3.00. The second-order valence-electron chi connectivity index (χ2n) is 7.60. The lowest BCUT2D eigenvalue weighted by Crippen LogP contribution is -2.19. The van der Waals surface area contributed by atoms with Gasteiger partial charge in [-0.05, 0) is 61.8 Å². The van der Waals surface area contributed by atoms with Gasteiger partial charge in [-0.3, -0.25) is 0 Å². The molecule has 156 valence electrons. The Morgan fingerprint density at radius 1 is 1.10 bits per heavy atom. The fourth-order valence-corrected chi connectivity index (χ4v) is 4.11. The van der Waals surface area contributed by atoms with E-state index in [0.717, 1.165) is 46.4 Å². The van der Waals surface area contributed by atoms with Crippen molar-refractivity contribution in [2.75, 3.05) is 11.1 Å². The van der Waals surface area contributed by atoms with Gasteiger partial charge in [0.15, 0.2) is 5.11 Å². The van der Waals surface area contributed by atoms with Gasteiger partial charge < -0.3 is 26.1 Å². The Bertz CT molecular complexity index is 1250. The Morgan fingerprint density at radius 3 is 2.48 bits per heavy atom. The summed E-state index contributed by atoms with van der Waals surface area (Å²) in [6, 6.07) is 16.4. The molecular formula is C23H22N6OS. The largest absolute Gasteiger partial charge is 0.424 e. The number of nitrogens with two attached hydrogens (primary N) is 2. The minimum Gasteiger partial charge on any atom is -0.424 e. The first-order valence-corrected chi connectivity index (χ1v) is 10.6. The minimum absolute atomic E-state index is 0.241. The van der Waals surface area contributed by atoms with Crippen molar-refractivity contribution in [2.24, 2.45) is 5.73 Å². The van der Waals surface area contributed by atoms with Gasteiger partial charge in [-0.15, -0.1) is 0 Å². The third-order valence-corrected chi connectivity index (χ3v) is 5.73. The quantitative estimate of drug-likeness (QED) is 0.389. The van der Waals surface area contributed by atoms with Crippen LogP contribution in [0.25, 0.3) is 22.2 Å². The molecule has 5 N–H and O–H groups in total. The van der Waals surface area contributed by atoms with Crippen LogP contribution < -0.4 is 21.5 Å². The first-order chi connectivity index (χ1) is 15.1. The summed E-state index contributed by atoms with van der Waals surface area (Å²) < 4.78 is 8.22. The monoisotopic (exact) mass is 430 g/mol. The smallest absolute Gasteiger partial charge is 0.321 e. The Balaban J connectivity index is 1.60. The number of hydrogen-bond donors (Lipinski definition) is 3. The molecule has 31 heavy (non-hydrogen) atoms. The number of ether oxygens (including phenoxy) is 1. The summed E-state index contributed by atoms with van der Waals surface area (Å²) in [6.45, 7) is 0. The molecule has 1 aliphatic carbocycles. The molecule has 0 unspecified atom stereocenters. The maximum Gasteiger partial charge on any atom is 0.321 e. The van der Waals surface area contributed by atoms with Crippen LogP contribution in [-0.4, -0.2) is 19.6 Å². The van der Waals surface area contributed by atoms with Gasteiger partial charge in [0.25, 0.3) is 0 Å². The van der Waals surface area contributed by atoms with Gasteiger partial charge in [-0.25, -0.2) is 9.97 Å². The van der Waals surface area contributed by atoms with Gasteiger partial charge in [0, 0.05) is 41.1 Å². The number of anilines is 2. The molecule has 1 aliphatic rings. The molecule has 4 aromatic rings. The van der Waals surface area contributed by atoms with E-state index in [1.54, 1.807) is 18.5 Å². The standard InChI is InChI=1S/C23H22N6OS/c24-20-18-10-9-17(30-23-26-11-2-12-27-23)13-19(18)29(16-3-1-4-16)21(20)14-5-7-15(8-6-14)28-22(25)31/h2,5-13,16H,1,3-4,24H2,(H3,25,28,31). The van der Waals surface area contributed by atoms with E-state index in [2.05, 4.69) is 19.9 Å². The van der Waals surface area contributed by atoms with Gasteiger partial charge in [-0.2, -0.15) is 0 Å². The highest BCUT2D eigenvalue weighted by Crippen LogP contribution is 2.45. The Hall–Kier alpha value is -3.65. The predicted molar refractivity (Wildman–Crippen MR) is 127 cm³/mol. The topological polar surface area (TPSA) is 104 Å². The number of nitrogen functional groups attached to an aromatic ring is 1. The molecule has 2 aromatic heterocycles. The van der Waals surface area contributed by atoms with Crippen molar-refractivity contribution in [1.82, 2.24) is 14.5 Å². The molecule has 0 radical (unpaired) electrons. The molecule has 0 aliphatic heterocycles. The average molecular weight is 431 g/mol. The number of thiocarbonyl (C=S) groups is 1. The summed E-state index contributed by atoms with van der Waals surface area (Å²) in [7, 11) is 0. The van der Waals surface area contributed by atoms with E-state index >= 15 is 0 Å². The van der Waals surface area contributed by atoms with Crippen molar-refractivity contribution in [3.8, 4) is 23.0 Å². The van der Waals surface area contributed by atoms with Gasteiger partial charge in [0.05, 0.1) is 16.9 Å². The summed E-state index contributed by atoms with van der Waals surface area (Å²) in [5, 5.41) is 4.21. The van der Waals surface area contributed by atoms with Crippen molar-refractivity contribution >= 4 is 39.6 Å². The number of rotatable bonds is 5. The molecule has 0 bridgehead atoms. The number of aromatic nitrogens is 3. The van der Waals surface area contributed by atoms with Crippen molar-refractivity contribution in [1.29, 1.82) is 0 Å². The summed E-state index contributed by atoms with van der Waals surface area (Å²) in [5.41, 5.74) is 17.0. The lowest BCUT2D eigenvalue weighted by Gasteiger charge is -2.30. The van der Waals surface area contributed by atoms with E-state index in [0.29, 0.717) is 17.8 Å². The predicted octanol–water partition coefficient (Wildman–Crippen LogP) is 4.85. The van der Waals surface area contributed by atoms with E-state index in [1.807, 2.05) is 42.5 Å². The third-order valence-electron chi connectivity index (χ3n) is 5.63. The molecule has 1 fully saturated rings. The van der Waals surface area contributed by atoms with Crippen LogP contribution >= 0.6 is 12.2 Å². The molecule has 8 heteroatoms. The molecule has 7 nitrogen and oxygen atoms in total. The summed E-state index contributed by atoms with van der Waals surface area (Å²) in [5.74, 6) is 0.680. The van der Waals surface area contributed by atoms with Crippen molar-refractivity contribution in [3.63, 3.8) is 0 Å². The Kier molecular flexibility index (Phi) is 4.91. The second-order valence-corrected chi connectivity index (χ2v) is 8.04. The zero-order valence-electron chi connectivity index (χ0n) is 16.8. The third kappa shape index (κ3) is 3.66. The molecule has 0 amide bonds. The number of fused-ring (bicyclic) bond motifs is 1. The lowest BCUT2D eigenvalue weighted by atomic mass is 9.92. The molecule has 1 saturated carbocycles. The highest BCUT2D eigenvalue weighted by atomic mass is 32.1. The van der Waals surface area contributed by atoms with Crippen LogP contribution in [0.3, 0.4) is 0 Å². The van der Waals surface area contributed by atoms with Crippen LogP contribution in [0.15, 0.2) is 60.9 Å². The highest BCUT2D eigenvalue weighted by molar-refractivity contribution is 7.80. The van der Waals surface area contributed by atoms with E-state index in [9.17, 15) is 0 Å². The van der Waals surface area contributed by atoms with Crippen molar-refractivity contribution < 1.29 is 4.74 Å². The van der Waals surface area contributed by atoms with Gasteiger partial charge in [-0.1, -0.05) is 12.1 Å². The van der Waals surface area contributed by atoms with E-state index in [4.69, 9.17) is 28.4 Å². The molecule has 0 atom stereocenters. The molecule has 0 saturated heterocycles. The fraction of sp³-hybridized carbons (Fsp3) is 0.174.